The number of carbonyl (C=O) groups excluding carboxylic acids is 1. The van der Waals surface area contributed by atoms with Crippen LogP contribution in [0.25, 0.3) is 0 Å². The Morgan fingerprint density at radius 1 is 0.692 bits per heavy atom. The maximum absolute atomic E-state index is 13.0. The zero-order valence-corrected chi connectivity index (χ0v) is 27.3. The van der Waals surface area contributed by atoms with Crippen molar-refractivity contribution in [3.8, 4) is 0 Å². The van der Waals surface area contributed by atoms with Gasteiger partial charge in [0.05, 0.1) is 6.54 Å². The van der Waals surface area contributed by atoms with Crippen LogP contribution in [-0.4, -0.2) is 36.1 Å². The lowest BCUT2D eigenvalue weighted by molar-refractivity contribution is -0.155. The molecule has 0 N–H and O–H groups in total. The van der Waals surface area contributed by atoms with Crippen LogP contribution in [0.1, 0.15) is 176 Å². The number of carbonyl (C=O) groups is 1. The molecule has 1 unspecified atom stereocenters. The summed E-state index contributed by atoms with van der Waals surface area (Å²) in [7, 11) is 0. The van der Waals surface area contributed by atoms with E-state index in [-0.39, 0.29) is 5.97 Å². The first-order chi connectivity index (χ1) is 18.9. The average Bonchev–Trinajstić information content (AvgIpc) is 2.90. The molecule has 0 saturated carbocycles. The van der Waals surface area contributed by atoms with E-state index in [1.54, 1.807) is 6.08 Å². The van der Waals surface area contributed by atoms with Gasteiger partial charge in [-0.25, -0.2) is 0 Å². The molecule has 0 fully saturated rings. The second-order valence-electron chi connectivity index (χ2n) is 12.5. The number of allylic oxidation sites excluding steroid dienone is 2. The Morgan fingerprint density at radius 2 is 1.08 bits per heavy atom. The number of nitrogens with zero attached hydrogens (tertiary/aromatic N) is 1. The SMILES string of the molecule is C=CC(C)(CCC=C(C)C)OC(=O)CN(CCCCCCCCCCCC)CCCCCCCCCCCC. The first-order valence-corrected chi connectivity index (χ1v) is 17.1. The summed E-state index contributed by atoms with van der Waals surface area (Å²) in [6.45, 7) is 17.1. The molecule has 0 saturated heterocycles. The third-order valence-corrected chi connectivity index (χ3v) is 7.98. The number of hydrogen-bond acceptors (Lipinski definition) is 3. The largest absolute Gasteiger partial charge is 0.454 e. The van der Waals surface area contributed by atoms with E-state index in [1.807, 2.05) is 6.92 Å². The van der Waals surface area contributed by atoms with Crippen LogP contribution in [0.15, 0.2) is 24.3 Å². The molecular formula is C36H69NO2. The molecule has 0 aromatic carbocycles. The van der Waals surface area contributed by atoms with Crippen molar-refractivity contribution in [2.75, 3.05) is 19.6 Å². The van der Waals surface area contributed by atoms with E-state index in [1.165, 1.54) is 134 Å². The molecule has 0 spiro atoms. The van der Waals surface area contributed by atoms with Crippen molar-refractivity contribution < 1.29 is 9.53 Å². The van der Waals surface area contributed by atoms with Crippen LogP contribution in [-0.2, 0) is 9.53 Å². The molecule has 0 aliphatic carbocycles. The summed E-state index contributed by atoms with van der Waals surface area (Å²) < 4.78 is 5.97. The van der Waals surface area contributed by atoms with Crippen LogP contribution >= 0.6 is 0 Å². The molecule has 0 heterocycles. The Balaban J connectivity index is 4.46. The topological polar surface area (TPSA) is 29.5 Å². The molecule has 0 aromatic rings. The second kappa shape index (κ2) is 27.1. The minimum atomic E-state index is -0.594. The van der Waals surface area contributed by atoms with Gasteiger partial charge in [0.2, 0.25) is 0 Å². The van der Waals surface area contributed by atoms with E-state index in [9.17, 15) is 4.79 Å². The molecular weight excluding hydrogens is 478 g/mol. The van der Waals surface area contributed by atoms with Gasteiger partial charge in [0.25, 0.3) is 0 Å². The summed E-state index contributed by atoms with van der Waals surface area (Å²) in [5, 5.41) is 0. The van der Waals surface area contributed by atoms with E-state index in [2.05, 4.69) is 45.2 Å². The fourth-order valence-corrected chi connectivity index (χ4v) is 5.23. The van der Waals surface area contributed by atoms with Gasteiger partial charge in [-0.3, -0.25) is 9.69 Å². The highest BCUT2D eigenvalue weighted by molar-refractivity contribution is 5.72. The molecule has 0 radical (unpaired) electrons. The van der Waals surface area contributed by atoms with Crippen molar-refractivity contribution in [2.24, 2.45) is 0 Å². The maximum Gasteiger partial charge on any atom is 0.321 e. The molecule has 0 aliphatic heterocycles. The van der Waals surface area contributed by atoms with Gasteiger partial charge in [-0.1, -0.05) is 148 Å². The molecule has 0 rings (SSSR count). The number of hydrogen-bond donors (Lipinski definition) is 0. The summed E-state index contributed by atoms with van der Waals surface area (Å²) >= 11 is 0. The molecule has 3 nitrogen and oxygen atoms in total. The van der Waals surface area contributed by atoms with Crippen LogP contribution in [0.5, 0.6) is 0 Å². The van der Waals surface area contributed by atoms with Gasteiger partial charge in [-0.2, -0.15) is 0 Å². The Hall–Kier alpha value is -1.09. The summed E-state index contributed by atoms with van der Waals surface area (Å²) in [5.41, 5.74) is 0.704. The molecule has 230 valence electrons. The fraction of sp³-hybridized carbons (Fsp3) is 0.861. The lowest BCUT2D eigenvalue weighted by Crippen LogP contribution is -2.37. The van der Waals surface area contributed by atoms with Gasteiger partial charge in [0.1, 0.15) is 5.60 Å². The highest BCUT2D eigenvalue weighted by Crippen LogP contribution is 2.21. The van der Waals surface area contributed by atoms with Crippen LogP contribution in [0, 0.1) is 0 Å². The zero-order chi connectivity index (χ0) is 29.0. The number of unbranched alkanes of at least 4 members (excludes halogenated alkanes) is 18. The van der Waals surface area contributed by atoms with Crippen LogP contribution in [0.3, 0.4) is 0 Å². The predicted octanol–water partition coefficient (Wildman–Crippen LogP) is 11.4. The lowest BCUT2D eigenvalue weighted by Gasteiger charge is -2.28. The van der Waals surface area contributed by atoms with Crippen molar-refractivity contribution >= 4 is 5.97 Å². The second-order valence-corrected chi connectivity index (χ2v) is 12.5. The molecule has 39 heavy (non-hydrogen) atoms. The summed E-state index contributed by atoms with van der Waals surface area (Å²) in [6.07, 6.45) is 32.5. The highest BCUT2D eigenvalue weighted by Gasteiger charge is 2.25. The predicted molar refractivity (Wildman–Crippen MR) is 173 cm³/mol. The van der Waals surface area contributed by atoms with Crippen molar-refractivity contribution in [1.82, 2.24) is 4.90 Å². The monoisotopic (exact) mass is 548 g/mol. The van der Waals surface area contributed by atoms with Gasteiger partial charge >= 0.3 is 5.97 Å². The number of rotatable bonds is 29. The first-order valence-electron chi connectivity index (χ1n) is 17.1. The zero-order valence-electron chi connectivity index (χ0n) is 27.3. The standard InChI is InChI=1S/C36H69NO2/c1-7-10-12-14-16-18-20-22-24-26-31-37(32-27-25-23-21-19-17-15-13-11-8-2)33-35(38)39-36(6,9-3)30-28-29-34(4)5/h9,29H,3,7-8,10-28,30-33H2,1-2,4-6H3. The fourth-order valence-electron chi connectivity index (χ4n) is 5.23. The van der Waals surface area contributed by atoms with E-state index < -0.39 is 5.60 Å². The molecule has 3 heteroatoms. The highest BCUT2D eigenvalue weighted by atomic mass is 16.6. The summed E-state index contributed by atoms with van der Waals surface area (Å²) in [4.78, 5) is 15.3. The van der Waals surface area contributed by atoms with E-state index in [4.69, 9.17) is 4.74 Å². The molecule has 0 aromatic heterocycles. The average molecular weight is 548 g/mol. The van der Waals surface area contributed by atoms with Crippen molar-refractivity contribution in [1.29, 1.82) is 0 Å². The van der Waals surface area contributed by atoms with Crippen molar-refractivity contribution in [3.63, 3.8) is 0 Å². The lowest BCUT2D eigenvalue weighted by atomic mass is 9.99. The van der Waals surface area contributed by atoms with E-state index in [0.29, 0.717) is 6.54 Å². The van der Waals surface area contributed by atoms with Crippen molar-refractivity contribution in [3.05, 3.63) is 24.3 Å². The Kier molecular flexibility index (Phi) is 26.3. The van der Waals surface area contributed by atoms with E-state index in [0.717, 1.165) is 25.9 Å². The van der Waals surface area contributed by atoms with Gasteiger partial charge in [0, 0.05) is 0 Å². The summed E-state index contributed by atoms with van der Waals surface area (Å²) in [6, 6.07) is 0. The molecule has 1 atom stereocenters. The van der Waals surface area contributed by atoms with Crippen LogP contribution in [0.2, 0.25) is 0 Å². The number of esters is 1. The van der Waals surface area contributed by atoms with E-state index >= 15 is 0 Å². The van der Waals surface area contributed by atoms with Crippen LogP contribution in [0.4, 0.5) is 0 Å². The van der Waals surface area contributed by atoms with Gasteiger partial charge in [0.15, 0.2) is 0 Å². The third kappa shape index (κ3) is 25.6. The smallest absolute Gasteiger partial charge is 0.321 e. The number of ether oxygens (including phenoxy) is 1. The van der Waals surface area contributed by atoms with Gasteiger partial charge in [-0.05, 0) is 65.6 Å². The maximum atomic E-state index is 13.0. The Morgan fingerprint density at radius 3 is 1.44 bits per heavy atom. The van der Waals surface area contributed by atoms with Gasteiger partial charge in [-0.15, -0.1) is 0 Å². The minimum absolute atomic E-state index is 0.103. The minimum Gasteiger partial charge on any atom is -0.454 e. The molecule has 0 amide bonds. The third-order valence-electron chi connectivity index (χ3n) is 7.98. The summed E-state index contributed by atoms with van der Waals surface area (Å²) in [5.74, 6) is -0.103. The Labute approximate surface area is 245 Å². The van der Waals surface area contributed by atoms with Crippen molar-refractivity contribution in [2.45, 2.75) is 181 Å². The quantitative estimate of drug-likeness (QED) is 0.0530. The molecule has 0 bridgehead atoms. The van der Waals surface area contributed by atoms with Gasteiger partial charge < -0.3 is 4.74 Å². The van der Waals surface area contributed by atoms with Crippen LogP contribution < -0.4 is 0 Å². The first kappa shape index (κ1) is 37.9. The normalized spacial score (nSPS) is 12.9. The Bertz CT molecular complexity index is 571. The molecule has 0 aliphatic rings.